The van der Waals surface area contributed by atoms with E-state index in [4.69, 9.17) is 25.6 Å². The third-order valence-electron chi connectivity index (χ3n) is 4.56. The van der Waals surface area contributed by atoms with Gasteiger partial charge in [0, 0.05) is 22.5 Å². The Labute approximate surface area is 183 Å². The summed E-state index contributed by atoms with van der Waals surface area (Å²) in [6.07, 6.45) is 1.77. The normalized spacial score (nSPS) is 10.7. The fourth-order valence-electron chi connectivity index (χ4n) is 3.05. The number of rotatable bonds is 7. The first-order chi connectivity index (χ1) is 15.1. The summed E-state index contributed by atoms with van der Waals surface area (Å²) in [5.74, 6) is 1.67. The van der Waals surface area contributed by atoms with Gasteiger partial charge in [-0.05, 0) is 54.6 Å². The summed E-state index contributed by atoms with van der Waals surface area (Å²) in [4.78, 5) is 16.9. The summed E-state index contributed by atoms with van der Waals surface area (Å²) < 4.78 is 17.8. The lowest BCUT2D eigenvalue weighted by Gasteiger charge is -2.08. The number of benzene rings is 2. The van der Waals surface area contributed by atoms with Gasteiger partial charge in [-0.1, -0.05) is 16.8 Å². The lowest BCUT2D eigenvalue weighted by atomic mass is 10.2. The summed E-state index contributed by atoms with van der Waals surface area (Å²) in [5.41, 5.74) is 2.01. The zero-order valence-electron chi connectivity index (χ0n) is 16.8. The molecule has 0 unspecified atom stereocenters. The molecule has 4 aromatic rings. The molecule has 0 aliphatic rings. The smallest absolute Gasteiger partial charge is 0.274 e. The van der Waals surface area contributed by atoms with Crippen LogP contribution in [0.5, 0.6) is 11.5 Å². The third-order valence-corrected chi connectivity index (χ3v) is 4.81. The molecule has 4 rings (SSSR count). The van der Waals surface area contributed by atoms with Crippen molar-refractivity contribution in [1.82, 2.24) is 14.7 Å². The third kappa shape index (κ3) is 4.54. The van der Waals surface area contributed by atoms with Crippen molar-refractivity contribution in [3.05, 3.63) is 65.8 Å². The molecule has 2 heterocycles. The second kappa shape index (κ2) is 8.93. The fourth-order valence-corrected chi connectivity index (χ4v) is 3.18. The van der Waals surface area contributed by atoms with Crippen LogP contribution in [-0.2, 0) is 11.3 Å². The van der Waals surface area contributed by atoms with E-state index < -0.39 is 0 Å². The van der Waals surface area contributed by atoms with E-state index in [2.05, 4.69) is 15.5 Å². The van der Waals surface area contributed by atoms with E-state index in [1.54, 1.807) is 61.4 Å². The van der Waals surface area contributed by atoms with Crippen LogP contribution in [0.3, 0.4) is 0 Å². The number of hydrogen-bond donors (Lipinski definition) is 1. The molecule has 0 atom stereocenters. The molecule has 0 spiro atoms. The Balaban J connectivity index is 1.52. The Morgan fingerprint density at radius 2 is 1.87 bits per heavy atom. The fraction of sp³-hybridized carbons (Fsp3) is 0.136. The second-order valence-corrected chi connectivity index (χ2v) is 7.01. The highest BCUT2D eigenvalue weighted by Gasteiger charge is 2.17. The highest BCUT2D eigenvalue weighted by molar-refractivity contribution is 6.30. The first-order valence-electron chi connectivity index (χ1n) is 9.34. The minimum Gasteiger partial charge on any atom is -0.493 e. The van der Waals surface area contributed by atoms with E-state index in [1.165, 1.54) is 0 Å². The van der Waals surface area contributed by atoms with Gasteiger partial charge in [0.2, 0.25) is 11.7 Å². The van der Waals surface area contributed by atoms with Gasteiger partial charge in [0.1, 0.15) is 12.2 Å². The minimum atomic E-state index is -0.195. The Morgan fingerprint density at radius 3 is 2.61 bits per heavy atom. The van der Waals surface area contributed by atoms with Crippen LogP contribution in [0.1, 0.15) is 0 Å². The van der Waals surface area contributed by atoms with Crippen molar-refractivity contribution in [1.29, 1.82) is 0 Å². The first-order valence-corrected chi connectivity index (χ1v) is 9.72. The van der Waals surface area contributed by atoms with Crippen LogP contribution in [0.15, 0.2) is 65.3 Å². The largest absolute Gasteiger partial charge is 0.493 e. The highest BCUT2D eigenvalue weighted by Crippen LogP contribution is 2.32. The molecule has 0 fully saturated rings. The van der Waals surface area contributed by atoms with Gasteiger partial charge in [0.05, 0.1) is 14.2 Å². The number of methoxy groups -OCH3 is 2. The molecule has 1 amide bonds. The molecule has 8 nitrogen and oxygen atoms in total. The van der Waals surface area contributed by atoms with Crippen molar-refractivity contribution in [2.45, 2.75) is 6.54 Å². The van der Waals surface area contributed by atoms with Crippen LogP contribution in [0.2, 0.25) is 5.02 Å². The van der Waals surface area contributed by atoms with Crippen LogP contribution in [0.25, 0.3) is 23.0 Å². The van der Waals surface area contributed by atoms with E-state index in [9.17, 15) is 4.79 Å². The summed E-state index contributed by atoms with van der Waals surface area (Å²) in [6, 6.07) is 15.9. The Bertz CT molecular complexity index is 1200. The van der Waals surface area contributed by atoms with Gasteiger partial charge >= 0.3 is 0 Å². The first kappa shape index (κ1) is 20.5. The average molecular weight is 439 g/mol. The zero-order chi connectivity index (χ0) is 21.8. The maximum Gasteiger partial charge on any atom is 0.274 e. The molecule has 2 aromatic carbocycles. The number of halogens is 1. The Hall–Kier alpha value is -3.78. The SMILES string of the molecule is COc1ccc(-c2noc(-c3cccn3CC(=O)Nc3ccc(Cl)cc3)n2)cc1OC. The molecule has 158 valence electrons. The van der Waals surface area contributed by atoms with Gasteiger partial charge in [-0.2, -0.15) is 4.98 Å². The van der Waals surface area contributed by atoms with E-state index >= 15 is 0 Å². The number of aromatic nitrogens is 3. The molecule has 2 aromatic heterocycles. The summed E-state index contributed by atoms with van der Waals surface area (Å²) >= 11 is 5.88. The van der Waals surface area contributed by atoms with Crippen LogP contribution in [-0.4, -0.2) is 34.8 Å². The predicted octanol–water partition coefficient (Wildman–Crippen LogP) is 4.51. The quantitative estimate of drug-likeness (QED) is 0.456. The van der Waals surface area contributed by atoms with Gasteiger partial charge < -0.3 is 23.9 Å². The van der Waals surface area contributed by atoms with Crippen molar-refractivity contribution >= 4 is 23.2 Å². The number of amides is 1. The molecule has 1 N–H and O–H groups in total. The number of nitrogens with zero attached hydrogens (tertiary/aromatic N) is 3. The van der Waals surface area contributed by atoms with Crippen molar-refractivity contribution in [3.8, 4) is 34.5 Å². The van der Waals surface area contributed by atoms with E-state index in [0.29, 0.717) is 45.2 Å². The maximum absolute atomic E-state index is 12.4. The predicted molar refractivity (Wildman–Crippen MR) is 116 cm³/mol. The minimum absolute atomic E-state index is 0.0824. The van der Waals surface area contributed by atoms with Crippen molar-refractivity contribution in [3.63, 3.8) is 0 Å². The number of ether oxygens (including phenoxy) is 2. The summed E-state index contributed by atoms with van der Waals surface area (Å²) in [7, 11) is 3.13. The highest BCUT2D eigenvalue weighted by atomic mass is 35.5. The molecule has 31 heavy (non-hydrogen) atoms. The number of carbonyl (C=O) groups is 1. The number of nitrogens with one attached hydrogen (secondary N) is 1. The number of hydrogen-bond acceptors (Lipinski definition) is 6. The summed E-state index contributed by atoms with van der Waals surface area (Å²) in [6.45, 7) is 0.0824. The topological polar surface area (TPSA) is 91.4 Å². The molecule has 0 aliphatic heterocycles. The van der Waals surface area contributed by atoms with Crippen molar-refractivity contribution in [2.75, 3.05) is 19.5 Å². The van der Waals surface area contributed by atoms with Crippen molar-refractivity contribution < 1.29 is 18.8 Å². The van der Waals surface area contributed by atoms with E-state index in [-0.39, 0.29) is 12.5 Å². The lowest BCUT2D eigenvalue weighted by molar-refractivity contribution is -0.116. The molecular weight excluding hydrogens is 420 g/mol. The standard InChI is InChI=1S/C22H19ClN4O4/c1-29-18-10-5-14(12-19(18)30-2)21-25-22(31-26-21)17-4-3-11-27(17)13-20(28)24-16-8-6-15(23)7-9-16/h3-12H,13H2,1-2H3,(H,24,28). The van der Waals surface area contributed by atoms with Crippen LogP contribution >= 0.6 is 11.6 Å². The van der Waals surface area contributed by atoms with Crippen LogP contribution in [0.4, 0.5) is 5.69 Å². The molecule has 0 aliphatic carbocycles. The number of carbonyl (C=O) groups excluding carboxylic acids is 1. The molecular formula is C22H19ClN4O4. The van der Waals surface area contributed by atoms with Crippen molar-refractivity contribution in [2.24, 2.45) is 0 Å². The Kier molecular flexibility index (Phi) is 5.90. The monoisotopic (exact) mass is 438 g/mol. The molecule has 0 bridgehead atoms. The van der Waals surface area contributed by atoms with Gasteiger partial charge in [-0.3, -0.25) is 4.79 Å². The van der Waals surface area contributed by atoms with Gasteiger partial charge in [-0.25, -0.2) is 0 Å². The van der Waals surface area contributed by atoms with Gasteiger partial charge in [0.25, 0.3) is 5.89 Å². The maximum atomic E-state index is 12.4. The van der Waals surface area contributed by atoms with Crippen LogP contribution in [0, 0.1) is 0 Å². The van der Waals surface area contributed by atoms with Gasteiger partial charge in [-0.15, -0.1) is 0 Å². The van der Waals surface area contributed by atoms with E-state index in [1.807, 2.05) is 18.2 Å². The Morgan fingerprint density at radius 1 is 1.10 bits per heavy atom. The average Bonchev–Trinajstić information content (AvgIpc) is 3.44. The molecule has 0 saturated carbocycles. The van der Waals surface area contributed by atoms with Crippen LogP contribution < -0.4 is 14.8 Å². The summed E-state index contributed by atoms with van der Waals surface area (Å²) in [5, 5.41) is 7.49. The lowest BCUT2D eigenvalue weighted by Crippen LogP contribution is -2.18. The number of anilines is 1. The molecule has 9 heteroatoms. The van der Waals surface area contributed by atoms with E-state index in [0.717, 1.165) is 0 Å². The molecule has 0 saturated heterocycles. The second-order valence-electron chi connectivity index (χ2n) is 6.57. The molecule has 0 radical (unpaired) electrons. The zero-order valence-corrected chi connectivity index (χ0v) is 17.6. The van der Waals surface area contributed by atoms with Gasteiger partial charge in [0.15, 0.2) is 11.5 Å².